The standard InChI is InChI=1S/C12H15NO5S2/c1-8(6-14)7-19-12(15)10-5-9(20(13,16)17)3-4-11(10)18-2/h3-6,8H,7H2,1-2H3,(H2,13,16,17). The SMILES string of the molecule is COc1ccc(S(N)(=O)=O)cc1C(=O)SCC(C)C=O. The van der Waals surface area contributed by atoms with E-state index in [4.69, 9.17) is 9.88 Å². The number of aldehydes is 1. The van der Waals surface area contributed by atoms with Gasteiger partial charge in [-0.05, 0) is 18.2 Å². The summed E-state index contributed by atoms with van der Waals surface area (Å²) < 4.78 is 27.6. The number of nitrogens with two attached hydrogens (primary N) is 1. The van der Waals surface area contributed by atoms with Gasteiger partial charge in [0.15, 0.2) is 0 Å². The van der Waals surface area contributed by atoms with Gasteiger partial charge >= 0.3 is 0 Å². The van der Waals surface area contributed by atoms with Gasteiger partial charge in [0.1, 0.15) is 12.0 Å². The van der Waals surface area contributed by atoms with Crippen molar-refractivity contribution in [2.75, 3.05) is 12.9 Å². The van der Waals surface area contributed by atoms with Gasteiger partial charge in [0, 0.05) is 11.7 Å². The van der Waals surface area contributed by atoms with Crippen molar-refractivity contribution in [2.45, 2.75) is 11.8 Å². The number of hydrogen-bond acceptors (Lipinski definition) is 6. The summed E-state index contributed by atoms with van der Waals surface area (Å²) in [7, 11) is -2.52. The molecule has 0 saturated carbocycles. The van der Waals surface area contributed by atoms with Gasteiger partial charge in [0.25, 0.3) is 0 Å². The van der Waals surface area contributed by atoms with E-state index in [1.807, 2.05) is 0 Å². The van der Waals surface area contributed by atoms with Crippen molar-refractivity contribution < 1.29 is 22.7 Å². The van der Waals surface area contributed by atoms with Crippen molar-refractivity contribution in [3.63, 3.8) is 0 Å². The zero-order valence-electron chi connectivity index (χ0n) is 11.0. The fourth-order valence-electron chi connectivity index (χ4n) is 1.35. The molecule has 0 aliphatic rings. The van der Waals surface area contributed by atoms with E-state index in [0.717, 1.165) is 18.0 Å². The minimum absolute atomic E-state index is 0.113. The Morgan fingerprint density at radius 2 is 2.15 bits per heavy atom. The van der Waals surface area contributed by atoms with Crippen LogP contribution in [0.5, 0.6) is 5.75 Å². The Morgan fingerprint density at radius 1 is 1.50 bits per heavy atom. The van der Waals surface area contributed by atoms with Crippen LogP contribution in [0.15, 0.2) is 23.1 Å². The van der Waals surface area contributed by atoms with Gasteiger partial charge in [0.2, 0.25) is 15.1 Å². The van der Waals surface area contributed by atoms with E-state index in [-0.39, 0.29) is 27.2 Å². The number of carbonyl (C=O) groups excluding carboxylic acids is 2. The van der Waals surface area contributed by atoms with Crippen LogP contribution >= 0.6 is 11.8 Å². The maximum atomic E-state index is 12.1. The van der Waals surface area contributed by atoms with Crippen molar-refractivity contribution in [2.24, 2.45) is 11.1 Å². The smallest absolute Gasteiger partial charge is 0.238 e. The van der Waals surface area contributed by atoms with Gasteiger partial charge in [-0.25, -0.2) is 13.6 Å². The Labute approximate surface area is 121 Å². The Bertz CT molecular complexity index is 612. The largest absolute Gasteiger partial charge is 0.496 e. The van der Waals surface area contributed by atoms with E-state index in [0.29, 0.717) is 5.75 Å². The highest BCUT2D eigenvalue weighted by Gasteiger charge is 2.18. The number of primary sulfonamides is 1. The molecule has 6 nitrogen and oxygen atoms in total. The summed E-state index contributed by atoms with van der Waals surface area (Å²) in [4.78, 5) is 22.4. The zero-order chi connectivity index (χ0) is 15.3. The zero-order valence-corrected chi connectivity index (χ0v) is 12.7. The third-order valence-electron chi connectivity index (χ3n) is 2.43. The maximum absolute atomic E-state index is 12.1. The van der Waals surface area contributed by atoms with Crippen molar-refractivity contribution >= 4 is 33.2 Å². The number of sulfonamides is 1. The van der Waals surface area contributed by atoms with Gasteiger partial charge in [0.05, 0.1) is 17.6 Å². The first-order valence-electron chi connectivity index (χ1n) is 5.63. The molecule has 0 fully saturated rings. The van der Waals surface area contributed by atoms with Gasteiger partial charge in [-0.1, -0.05) is 18.7 Å². The van der Waals surface area contributed by atoms with Crippen LogP contribution in [0.3, 0.4) is 0 Å². The maximum Gasteiger partial charge on any atom is 0.238 e. The van der Waals surface area contributed by atoms with Crippen LogP contribution in [0.1, 0.15) is 17.3 Å². The molecule has 0 spiro atoms. The van der Waals surface area contributed by atoms with Gasteiger partial charge < -0.3 is 9.53 Å². The number of methoxy groups -OCH3 is 1. The molecule has 0 bridgehead atoms. The average molecular weight is 317 g/mol. The van der Waals surface area contributed by atoms with Crippen molar-refractivity contribution in [1.82, 2.24) is 0 Å². The summed E-state index contributed by atoms with van der Waals surface area (Å²) in [6.07, 6.45) is 0.748. The van der Waals surface area contributed by atoms with Crippen LogP contribution in [-0.4, -0.2) is 32.7 Å². The van der Waals surface area contributed by atoms with Crippen LogP contribution in [0.25, 0.3) is 0 Å². The summed E-state index contributed by atoms with van der Waals surface area (Å²) in [5, 5.41) is 4.65. The first-order chi connectivity index (χ1) is 9.29. The molecule has 0 aliphatic heterocycles. The summed E-state index contributed by atoms with van der Waals surface area (Å²) in [6.45, 7) is 1.69. The molecule has 0 aromatic heterocycles. The topological polar surface area (TPSA) is 104 Å². The Morgan fingerprint density at radius 3 is 2.65 bits per heavy atom. The summed E-state index contributed by atoms with van der Waals surface area (Å²) >= 11 is 0.925. The number of ether oxygens (including phenoxy) is 1. The summed E-state index contributed by atoms with van der Waals surface area (Å²) in [5.74, 6) is 0.301. The molecule has 0 saturated heterocycles. The van der Waals surface area contributed by atoms with Crippen molar-refractivity contribution in [3.8, 4) is 5.75 Å². The molecule has 20 heavy (non-hydrogen) atoms. The Hall–Kier alpha value is -1.38. The summed E-state index contributed by atoms with van der Waals surface area (Å²) in [6, 6.07) is 3.81. The van der Waals surface area contributed by atoms with Crippen LogP contribution < -0.4 is 9.88 Å². The summed E-state index contributed by atoms with van der Waals surface area (Å²) in [5.41, 5.74) is 0.113. The number of hydrogen-bond donors (Lipinski definition) is 1. The Kier molecular flexibility index (Phi) is 5.73. The third kappa shape index (κ3) is 4.32. The lowest BCUT2D eigenvalue weighted by Crippen LogP contribution is -2.13. The number of rotatable bonds is 6. The Balaban J connectivity index is 3.08. The molecule has 0 radical (unpaired) electrons. The lowest BCUT2D eigenvalue weighted by molar-refractivity contribution is -0.110. The van der Waals surface area contributed by atoms with E-state index >= 15 is 0 Å². The van der Waals surface area contributed by atoms with E-state index in [1.54, 1.807) is 6.92 Å². The molecule has 1 unspecified atom stereocenters. The van der Waals surface area contributed by atoms with Gasteiger partial charge in [-0.2, -0.15) is 0 Å². The molecule has 110 valence electrons. The van der Waals surface area contributed by atoms with Gasteiger partial charge in [-0.15, -0.1) is 0 Å². The highest BCUT2D eigenvalue weighted by atomic mass is 32.2. The monoisotopic (exact) mass is 317 g/mol. The van der Waals surface area contributed by atoms with Crippen LogP contribution in [-0.2, 0) is 14.8 Å². The quantitative estimate of drug-likeness (QED) is 0.787. The predicted molar refractivity (Wildman–Crippen MR) is 76.4 cm³/mol. The lowest BCUT2D eigenvalue weighted by Gasteiger charge is -2.09. The molecule has 8 heteroatoms. The van der Waals surface area contributed by atoms with E-state index < -0.39 is 10.0 Å². The average Bonchev–Trinajstić information content (AvgIpc) is 2.42. The van der Waals surface area contributed by atoms with E-state index in [1.165, 1.54) is 25.3 Å². The number of thioether (sulfide) groups is 1. The highest BCUT2D eigenvalue weighted by Crippen LogP contribution is 2.26. The molecule has 0 amide bonds. The van der Waals surface area contributed by atoms with Crippen molar-refractivity contribution in [3.05, 3.63) is 23.8 Å². The van der Waals surface area contributed by atoms with E-state index in [9.17, 15) is 18.0 Å². The third-order valence-corrected chi connectivity index (χ3v) is 4.51. The van der Waals surface area contributed by atoms with Gasteiger partial charge in [-0.3, -0.25) is 4.79 Å². The predicted octanol–water partition coefficient (Wildman–Crippen LogP) is 1.05. The molecule has 1 atom stereocenters. The molecule has 1 aromatic carbocycles. The molecule has 0 aliphatic carbocycles. The fourth-order valence-corrected chi connectivity index (χ4v) is 2.70. The normalized spacial score (nSPS) is 12.8. The fraction of sp³-hybridized carbons (Fsp3) is 0.333. The second-order valence-corrected chi connectivity index (χ2v) is 6.67. The highest BCUT2D eigenvalue weighted by molar-refractivity contribution is 8.14. The molecule has 0 heterocycles. The van der Waals surface area contributed by atoms with E-state index in [2.05, 4.69) is 0 Å². The second kappa shape index (κ2) is 6.87. The van der Waals surface area contributed by atoms with Crippen LogP contribution in [0.2, 0.25) is 0 Å². The van der Waals surface area contributed by atoms with Crippen LogP contribution in [0, 0.1) is 5.92 Å². The number of benzene rings is 1. The molecular formula is C12H15NO5S2. The minimum atomic E-state index is -3.89. The second-order valence-electron chi connectivity index (χ2n) is 4.12. The van der Waals surface area contributed by atoms with Crippen LogP contribution in [0.4, 0.5) is 0 Å². The molecular weight excluding hydrogens is 302 g/mol. The molecule has 2 N–H and O–H groups in total. The first kappa shape index (κ1) is 16.7. The molecule has 1 aromatic rings. The lowest BCUT2D eigenvalue weighted by atomic mass is 10.2. The first-order valence-corrected chi connectivity index (χ1v) is 8.16. The number of carbonyl (C=O) groups is 2. The molecule has 1 rings (SSSR count). The minimum Gasteiger partial charge on any atom is -0.496 e. The van der Waals surface area contributed by atoms with Crippen molar-refractivity contribution in [1.29, 1.82) is 0 Å².